The number of likely N-dealkylation sites (tertiary alicyclic amines) is 1. The maximum absolute atomic E-state index is 12.4. The van der Waals surface area contributed by atoms with Crippen LogP contribution in [0.25, 0.3) is 0 Å². The van der Waals surface area contributed by atoms with Gasteiger partial charge in [-0.3, -0.25) is 4.79 Å². The van der Waals surface area contributed by atoms with E-state index >= 15 is 0 Å². The summed E-state index contributed by atoms with van der Waals surface area (Å²) in [5, 5.41) is 2.94. The van der Waals surface area contributed by atoms with E-state index in [1.165, 1.54) is 0 Å². The zero-order valence-electron chi connectivity index (χ0n) is 11.6. The molecule has 1 aromatic heterocycles. The molecule has 5 nitrogen and oxygen atoms in total. The van der Waals surface area contributed by atoms with Gasteiger partial charge in [0.25, 0.3) is 5.91 Å². The summed E-state index contributed by atoms with van der Waals surface area (Å²) in [4.78, 5) is 18.4. The molecule has 0 radical (unpaired) electrons. The zero-order valence-corrected chi connectivity index (χ0v) is 11.6. The minimum absolute atomic E-state index is 0.0490. The lowest BCUT2D eigenvalue weighted by molar-refractivity contribution is 0.0785. The lowest BCUT2D eigenvalue weighted by Crippen LogP contribution is -2.32. The summed E-state index contributed by atoms with van der Waals surface area (Å²) < 4.78 is 0. The van der Waals surface area contributed by atoms with Crippen molar-refractivity contribution < 1.29 is 4.79 Å². The van der Waals surface area contributed by atoms with Gasteiger partial charge in [0.2, 0.25) is 0 Å². The van der Waals surface area contributed by atoms with Gasteiger partial charge in [-0.15, -0.1) is 0 Å². The highest BCUT2D eigenvalue weighted by molar-refractivity contribution is 5.95. The third-order valence-corrected chi connectivity index (χ3v) is 3.70. The van der Waals surface area contributed by atoms with E-state index in [4.69, 9.17) is 5.73 Å². The van der Waals surface area contributed by atoms with Crippen LogP contribution in [-0.2, 0) is 0 Å². The number of nitrogens with one attached hydrogen (secondary N) is 1. The van der Waals surface area contributed by atoms with Crippen molar-refractivity contribution >= 4 is 11.7 Å². The minimum Gasteiger partial charge on any atom is -0.373 e. The first kappa shape index (κ1) is 13.8. The minimum atomic E-state index is 0.0490. The van der Waals surface area contributed by atoms with E-state index in [1.807, 2.05) is 4.90 Å². The van der Waals surface area contributed by atoms with Gasteiger partial charge in [-0.1, -0.05) is 13.3 Å². The van der Waals surface area contributed by atoms with E-state index in [0.29, 0.717) is 23.8 Å². The van der Waals surface area contributed by atoms with Crippen molar-refractivity contribution in [2.24, 2.45) is 11.7 Å². The van der Waals surface area contributed by atoms with Gasteiger partial charge >= 0.3 is 0 Å². The summed E-state index contributed by atoms with van der Waals surface area (Å²) in [6.07, 6.45) is 3.85. The molecular weight excluding hydrogens is 240 g/mol. The summed E-state index contributed by atoms with van der Waals surface area (Å²) in [7, 11) is 1.79. The molecule has 1 amide bonds. The number of carbonyl (C=O) groups excluding carboxylic acids is 1. The molecule has 2 atom stereocenters. The van der Waals surface area contributed by atoms with Gasteiger partial charge in [0.05, 0.1) is 0 Å². The van der Waals surface area contributed by atoms with E-state index in [2.05, 4.69) is 17.2 Å². The van der Waals surface area contributed by atoms with Crippen LogP contribution in [-0.4, -0.2) is 42.0 Å². The van der Waals surface area contributed by atoms with Gasteiger partial charge in [0, 0.05) is 37.9 Å². The maximum Gasteiger partial charge on any atom is 0.254 e. The number of hydrogen-bond donors (Lipinski definition) is 2. The highest BCUT2D eigenvalue weighted by Gasteiger charge is 2.32. The monoisotopic (exact) mass is 262 g/mol. The van der Waals surface area contributed by atoms with Crippen LogP contribution in [0, 0.1) is 5.92 Å². The fourth-order valence-electron chi connectivity index (χ4n) is 2.62. The van der Waals surface area contributed by atoms with E-state index < -0.39 is 0 Å². The summed E-state index contributed by atoms with van der Waals surface area (Å²) in [6, 6.07) is 3.64. The number of hydrogen-bond acceptors (Lipinski definition) is 4. The van der Waals surface area contributed by atoms with Gasteiger partial charge in [-0.05, 0) is 24.5 Å². The number of anilines is 1. The topological polar surface area (TPSA) is 71.2 Å². The van der Waals surface area contributed by atoms with Gasteiger partial charge in [-0.25, -0.2) is 4.98 Å². The molecule has 1 aromatic rings. The average molecular weight is 262 g/mol. The van der Waals surface area contributed by atoms with E-state index in [-0.39, 0.29) is 11.9 Å². The van der Waals surface area contributed by atoms with Crippen LogP contribution in [0.1, 0.15) is 30.1 Å². The molecule has 0 bridgehead atoms. The predicted molar refractivity (Wildman–Crippen MR) is 76.1 cm³/mol. The van der Waals surface area contributed by atoms with Crippen LogP contribution in [0.3, 0.4) is 0 Å². The first-order valence-corrected chi connectivity index (χ1v) is 6.84. The van der Waals surface area contributed by atoms with Crippen molar-refractivity contribution in [2.75, 3.05) is 25.5 Å². The number of pyridine rings is 1. The lowest BCUT2D eigenvalue weighted by Gasteiger charge is -2.16. The quantitative estimate of drug-likeness (QED) is 0.858. The summed E-state index contributed by atoms with van der Waals surface area (Å²) in [6.45, 7) is 3.57. The molecule has 2 rings (SSSR count). The Kier molecular flexibility index (Phi) is 4.37. The summed E-state index contributed by atoms with van der Waals surface area (Å²) >= 11 is 0. The SMILES string of the molecule is CCC[C@H]1CN(C(=O)c2ccnc(NC)c2)C[C@@H]1N. The Balaban J connectivity index is 2.08. The molecule has 104 valence electrons. The molecule has 1 saturated heterocycles. The van der Waals surface area contributed by atoms with Crippen molar-refractivity contribution in [3.63, 3.8) is 0 Å². The van der Waals surface area contributed by atoms with Gasteiger partial charge in [0.1, 0.15) is 5.82 Å². The van der Waals surface area contributed by atoms with Crippen LogP contribution in [0.15, 0.2) is 18.3 Å². The molecule has 2 heterocycles. The average Bonchev–Trinajstić information content (AvgIpc) is 2.80. The second-order valence-corrected chi connectivity index (χ2v) is 5.10. The van der Waals surface area contributed by atoms with Crippen molar-refractivity contribution in [1.29, 1.82) is 0 Å². The lowest BCUT2D eigenvalue weighted by atomic mass is 9.99. The van der Waals surface area contributed by atoms with Gasteiger partial charge in [0.15, 0.2) is 0 Å². The third-order valence-electron chi connectivity index (χ3n) is 3.70. The Morgan fingerprint density at radius 3 is 3.05 bits per heavy atom. The zero-order chi connectivity index (χ0) is 13.8. The number of nitrogens with zero attached hydrogens (tertiary/aromatic N) is 2. The summed E-state index contributed by atoms with van der Waals surface area (Å²) in [5.41, 5.74) is 6.78. The Morgan fingerprint density at radius 1 is 1.58 bits per heavy atom. The van der Waals surface area contributed by atoms with Crippen LogP contribution < -0.4 is 11.1 Å². The third kappa shape index (κ3) is 3.04. The molecule has 5 heteroatoms. The molecule has 19 heavy (non-hydrogen) atoms. The predicted octanol–water partition coefficient (Wildman–Crippen LogP) is 1.32. The maximum atomic E-state index is 12.4. The second kappa shape index (κ2) is 6.02. The van der Waals surface area contributed by atoms with Crippen molar-refractivity contribution in [3.8, 4) is 0 Å². The Bertz CT molecular complexity index is 449. The fraction of sp³-hybridized carbons (Fsp3) is 0.571. The highest BCUT2D eigenvalue weighted by atomic mass is 16.2. The van der Waals surface area contributed by atoms with Crippen LogP contribution >= 0.6 is 0 Å². The molecule has 1 fully saturated rings. The molecule has 0 aliphatic carbocycles. The standard InChI is InChI=1S/C14H22N4O/c1-3-4-11-8-18(9-12(11)15)14(19)10-5-6-17-13(7-10)16-2/h5-7,11-12H,3-4,8-9,15H2,1-2H3,(H,16,17)/t11-,12-/m0/s1. The molecule has 1 aliphatic heterocycles. The number of aromatic nitrogens is 1. The number of nitrogens with two attached hydrogens (primary N) is 1. The first-order chi connectivity index (χ1) is 9.15. The molecule has 0 unspecified atom stereocenters. The number of rotatable bonds is 4. The number of carbonyl (C=O) groups is 1. The molecule has 0 saturated carbocycles. The van der Waals surface area contributed by atoms with Gasteiger partial charge < -0.3 is 16.0 Å². The van der Waals surface area contributed by atoms with Crippen LogP contribution in [0.2, 0.25) is 0 Å². The molecular formula is C14H22N4O. The molecule has 1 aliphatic rings. The van der Waals surface area contributed by atoms with Gasteiger partial charge in [-0.2, -0.15) is 0 Å². The second-order valence-electron chi connectivity index (χ2n) is 5.10. The fourth-order valence-corrected chi connectivity index (χ4v) is 2.62. The van der Waals surface area contributed by atoms with Crippen LogP contribution in [0.5, 0.6) is 0 Å². The van der Waals surface area contributed by atoms with Crippen molar-refractivity contribution in [1.82, 2.24) is 9.88 Å². The normalized spacial score (nSPS) is 22.6. The highest BCUT2D eigenvalue weighted by Crippen LogP contribution is 2.22. The first-order valence-electron chi connectivity index (χ1n) is 6.84. The van der Waals surface area contributed by atoms with E-state index in [0.717, 1.165) is 19.4 Å². The van der Waals surface area contributed by atoms with E-state index in [1.54, 1.807) is 25.4 Å². The largest absolute Gasteiger partial charge is 0.373 e. The molecule has 3 N–H and O–H groups in total. The van der Waals surface area contributed by atoms with Crippen molar-refractivity contribution in [3.05, 3.63) is 23.9 Å². The number of amides is 1. The summed E-state index contributed by atoms with van der Waals surface area (Å²) in [5.74, 6) is 1.19. The Morgan fingerprint density at radius 2 is 2.37 bits per heavy atom. The van der Waals surface area contributed by atoms with Crippen molar-refractivity contribution in [2.45, 2.75) is 25.8 Å². The smallest absolute Gasteiger partial charge is 0.254 e. The Labute approximate surface area is 114 Å². The van der Waals surface area contributed by atoms with Crippen LogP contribution in [0.4, 0.5) is 5.82 Å². The Hall–Kier alpha value is -1.62. The molecule has 0 spiro atoms. The van der Waals surface area contributed by atoms with E-state index in [9.17, 15) is 4.79 Å². The molecule has 0 aromatic carbocycles.